The summed E-state index contributed by atoms with van der Waals surface area (Å²) in [5.74, 6) is -1.42. The monoisotopic (exact) mass is 463 g/mol. The lowest BCUT2D eigenvalue weighted by Crippen LogP contribution is -2.46. The van der Waals surface area contributed by atoms with E-state index in [4.69, 9.17) is 23.4 Å². The van der Waals surface area contributed by atoms with Gasteiger partial charge in [-0.25, -0.2) is 4.79 Å². The van der Waals surface area contributed by atoms with Crippen molar-refractivity contribution in [2.45, 2.75) is 89.2 Å². The van der Waals surface area contributed by atoms with E-state index in [0.29, 0.717) is 5.56 Å². The molecule has 176 valence electrons. The number of ether oxygens (including phenoxy) is 4. The Morgan fingerprint density at radius 1 is 1.22 bits per heavy atom. The first-order valence-corrected chi connectivity index (χ1v) is 13.7. The third kappa shape index (κ3) is 5.33. The summed E-state index contributed by atoms with van der Waals surface area (Å²) in [7, 11) is -2.09. The van der Waals surface area contributed by atoms with Crippen LogP contribution in [-0.2, 0) is 23.4 Å². The Morgan fingerprint density at radius 3 is 2.44 bits per heavy atom. The lowest BCUT2D eigenvalue weighted by molar-refractivity contribution is -0.222. The van der Waals surface area contributed by atoms with Gasteiger partial charge in [-0.1, -0.05) is 44.1 Å². The summed E-state index contributed by atoms with van der Waals surface area (Å²) in [6, 6.07) is 7.99. The molecular formula is C22H33N3O6Si. The van der Waals surface area contributed by atoms with Crippen LogP contribution in [0.15, 0.2) is 35.4 Å². The highest BCUT2D eigenvalue weighted by atomic mass is 28.4. The summed E-state index contributed by atoms with van der Waals surface area (Å²) in [5, 5.41) is 3.94. The molecule has 2 saturated heterocycles. The summed E-state index contributed by atoms with van der Waals surface area (Å²) in [6.45, 7) is 14.4. The number of azide groups is 1. The Bertz CT molecular complexity index is 866. The minimum Gasteiger partial charge on any atom is -0.429 e. The van der Waals surface area contributed by atoms with Gasteiger partial charge in [0.05, 0.1) is 11.6 Å². The van der Waals surface area contributed by atoms with E-state index in [1.807, 2.05) is 6.07 Å². The Labute approximate surface area is 190 Å². The molecule has 0 radical (unpaired) electrons. The molecule has 0 unspecified atom stereocenters. The van der Waals surface area contributed by atoms with E-state index in [-0.39, 0.29) is 11.6 Å². The van der Waals surface area contributed by atoms with Crippen LogP contribution < -0.4 is 0 Å². The number of fused-ring (bicyclic) bond motifs is 1. The summed E-state index contributed by atoms with van der Waals surface area (Å²) in [5.41, 5.74) is 9.60. The van der Waals surface area contributed by atoms with Gasteiger partial charge in [-0.15, -0.1) is 0 Å². The van der Waals surface area contributed by atoms with Crippen molar-refractivity contribution in [2.24, 2.45) is 5.11 Å². The minimum absolute atomic E-state index is 0.00428. The minimum atomic E-state index is -2.09. The molecule has 0 N–H and O–H groups in total. The zero-order chi connectivity index (χ0) is 23.7. The van der Waals surface area contributed by atoms with Crippen LogP contribution in [-0.4, -0.2) is 57.3 Å². The van der Waals surface area contributed by atoms with E-state index in [2.05, 4.69) is 43.9 Å². The average molecular weight is 464 g/mol. The summed E-state index contributed by atoms with van der Waals surface area (Å²) in [4.78, 5) is 15.6. The molecule has 10 heteroatoms. The average Bonchev–Trinajstić information content (AvgIpc) is 3.18. The molecule has 2 heterocycles. The standard InChI is InChI=1S/C22H33N3O6Si/c1-21(2,3)32(6,7)27-13-15(24-25-23)16-17-18(31-22(4,5)30-17)20(28-16)29-19(26)14-11-9-8-10-12-14/h8-12,15-18,20H,13H2,1-7H3/t15-,16+,17-,18-,20+/m0/s1. The highest BCUT2D eigenvalue weighted by Crippen LogP contribution is 2.42. The fourth-order valence-electron chi connectivity index (χ4n) is 3.51. The number of hydrogen-bond donors (Lipinski definition) is 0. The van der Waals surface area contributed by atoms with E-state index < -0.39 is 50.7 Å². The van der Waals surface area contributed by atoms with Crippen molar-refractivity contribution in [3.05, 3.63) is 46.3 Å². The molecule has 1 aromatic carbocycles. The maximum Gasteiger partial charge on any atom is 0.340 e. The molecule has 2 fully saturated rings. The predicted molar refractivity (Wildman–Crippen MR) is 120 cm³/mol. The SMILES string of the molecule is CC1(C)O[C@@H]2[C@H](O1)[C@@H](OC(=O)c1ccccc1)O[C@@H]2[C@H](CO[Si](C)(C)C(C)(C)C)N=[N+]=[N-]. The lowest BCUT2D eigenvalue weighted by Gasteiger charge is -2.37. The second kappa shape index (κ2) is 9.13. The molecule has 0 bridgehead atoms. The Balaban J connectivity index is 1.79. The summed E-state index contributed by atoms with van der Waals surface area (Å²) in [6.07, 6.45) is -2.90. The summed E-state index contributed by atoms with van der Waals surface area (Å²) >= 11 is 0. The second-order valence-corrected chi connectivity index (χ2v) is 15.0. The zero-order valence-electron chi connectivity index (χ0n) is 19.8. The second-order valence-electron chi connectivity index (χ2n) is 10.1. The smallest absolute Gasteiger partial charge is 0.340 e. The van der Waals surface area contributed by atoms with E-state index >= 15 is 0 Å². The largest absolute Gasteiger partial charge is 0.429 e. The van der Waals surface area contributed by atoms with Crippen molar-refractivity contribution < 1.29 is 28.2 Å². The van der Waals surface area contributed by atoms with Gasteiger partial charge in [0, 0.05) is 11.5 Å². The maximum absolute atomic E-state index is 12.6. The van der Waals surface area contributed by atoms with Crippen LogP contribution in [0.25, 0.3) is 10.4 Å². The van der Waals surface area contributed by atoms with Crippen LogP contribution in [0.2, 0.25) is 18.1 Å². The summed E-state index contributed by atoms with van der Waals surface area (Å²) < 4.78 is 30.0. The van der Waals surface area contributed by atoms with Gasteiger partial charge in [-0.05, 0) is 49.6 Å². The molecule has 1 aromatic rings. The van der Waals surface area contributed by atoms with E-state index in [1.165, 1.54) is 0 Å². The number of esters is 1. The molecule has 32 heavy (non-hydrogen) atoms. The number of rotatable bonds is 7. The first-order valence-electron chi connectivity index (χ1n) is 10.8. The molecule has 5 atom stereocenters. The van der Waals surface area contributed by atoms with Crippen LogP contribution in [0.1, 0.15) is 45.0 Å². The first kappa shape index (κ1) is 24.7. The highest BCUT2D eigenvalue weighted by molar-refractivity contribution is 6.74. The zero-order valence-corrected chi connectivity index (χ0v) is 20.8. The molecule has 0 spiro atoms. The van der Waals surface area contributed by atoms with Gasteiger partial charge >= 0.3 is 5.97 Å². The van der Waals surface area contributed by atoms with E-state index in [9.17, 15) is 10.3 Å². The molecule has 2 aliphatic heterocycles. The van der Waals surface area contributed by atoms with E-state index in [0.717, 1.165) is 0 Å². The molecule has 0 aromatic heterocycles. The normalized spacial score (nSPS) is 28.0. The number of benzene rings is 1. The topological polar surface area (TPSA) is 112 Å². The van der Waals surface area contributed by atoms with Crippen molar-refractivity contribution in [3.8, 4) is 0 Å². The van der Waals surface area contributed by atoms with E-state index in [1.54, 1.807) is 38.1 Å². The van der Waals surface area contributed by atoms with Crippen molar-refractivity contribution in [1.29, 1.82) is 0 Å². The molecule has 3 rings (SSSR count). The molecular weight excluding hydrogens is 430 g/mol. The van der Waals surface area contributed by atoms with Crippen molar-refractivity contribution in [1.82, 2.24) is 0 Å². The Morgan fingerprint density at radius 2 is 1.84 bits per heavy atom. The molecule has 0 aliphatic carbocycles. The molecule has 9 nitrogen and oxygen atoms in total. The predicted octanol–water partition coefficient (Wildman–Crippen LogP) is 4.79. The first-order chi connectivity index (χ1) is 14.8. The van der Waals surface area contributed by atoms with Crippen LogP contribution in [0.4, 0.5) is 0 Å². The van der Waals surface area contributed by atoms with Gasteiger partial charge in [-0.2, -0.15) is 0 Å². The number of hydrogen-bond acceptors (Lipinski definition) is 7. The van der Waals surface area contributed by atoms with Crippen molar-refractivity contribution in [3.63, 3.8) is 0 Å². The Kier molecular flexibility index (Phi) is 7.04. The quantitative estimate of drug-likeness (QED) is 0.189. The third-order valence-corrected chi connectivity index (χ3v) is 10.8. The molecule has 2 aliphatic rings. The molecule has 0 amide bonds. The van der Waals surface area contributed by atoms with Crippen LogP contribution >= 0.6 is 0 Å². The Hall–Kier alpha value is -1.94. The van der Waals surface area contributed by atoms with Crippen molar-refractivity contribution >= 4 is 14.3 Å². The van der Waals surface area contributed by atoms with Gasteiger partial charge in [-0.3, -0.25) is 0 Å². The fourth-order valence-corrected chi connectivity index (χ4v) is 4.53. The van der Waals surface area contributed by atoms with Crippen molar-refractivity contribution in [2.75, 3.05) is 6.61 Å². The van der Waals surface area contributed by atoms with Crippen LogP contribution in [0.3, 0.4) is 0 Å². The lowest BCUT2D eigenvalue weighted by atomic mass is 10.1. The van der Waals surface area contributed by atoms with Gasteiger partial charge in [0.1, 0.15) is 12.2 Å². The maximum atomic E-state index is 12.6. The van der Waals surface area contributed by atoms with Gasteiger partial charge in [0.15, 0.2) is 20.2 Å². The fraction of sp³-hybridized carbons (Fsp3) is 0.682. The van der Waals surface area contributed by atoms with Crippen LogP contribution in [0, 0.1) is 0 Å². The molecule has 0 saturated carbocycles. The number of carbonyl (C=O) groups is 1. The third-order valence-electron chi connectivity index (χ3n) is 6.28. The van der Waals surface area contributed by atoms with Gasteiger partial charge in [0.25, 0.3) is 0 Å². The highest BCUT2D eigenvalue weighted by Gasteiger charge is 2.58. The number of carbonyl (C=O) groups excluding carboxylic acids is 1. The number of nitrogens with zero attached hydrogens (tertiary/aromatic N) is 3. The van der Waals surface area contributed by atoms with Crippen LogP contribution in [0.5, 0.6) is 0 Å². The van der Waals surface area contributed by atoms with Gasteiger partial charge in [0.2, 0.25) is 6.29 Å². The van der Waals surface area contributed by atoms with Gasteiger partial charge < -0.3 is 23.4 Å².